The lowest BCUT2D eigenvalue weighted by Gasteiger charge is -2.22. The minimum absolute atomic E-state index is 0.0233. The molecule has 7 nitrogen and oxygen atoms in total. The molecule has 0 aliphatic heterocycles. The number of benzene rings is 1. The summed E-state index contributed by atoms with van der Waals surface area (Å²) in [6, 6.07) is 3.64. The van der Waals surface area contributed by atoms with Crippen molar-refractivity contribution in [3.05, 3.63) is 33.9 Å². The highest BCUT2D eigenvalue weighted by molar-refractivity contribution is 5.95. The molecule has 1 aromatic carbocycles. The molecule has 0 bridgehead atoms. The summed E-state index contributed by atoms with van der Waals surface area (Å²) in [5.74, 6) is -0.607. The minimum Gasteiger partial charge on any atom is -0.462 e. The lowest BCUT2D eigenvalue weighted by Crippen LogP contribution is -2.25. The average molecular weight is 282 g/mol. The number of nitrogens with zero attached hydrogens (tertiary/aromatic N) is 1. The summed E-state index contributed by atoms with van der Waals surface area (Å²) in [4.78, 5) is 21.8. The molecule has 0 aromatic heterocycles. The van der Waals surface area contributed by atoms with Crippen molar-refractivity contribution in [2.45, 2.75) is 25.9 Å². The van der Waals surface area contributed by atoms with Crippen molar-refractivity contribution < 1.29 is 19.2 Å². The van der Waals surface area contributed by atoms with Crippen LogP contribution in [0.5, 0.6) is 0 Å². The highest BCUT2D eigenvalue weighted by Crippen LogP contribution is 2.21. The van der Waals surface area contributed by atoms with Gasteiger partial charge in [0.1, 0.15) is 0 Å². The van der Waals surface area contributed by atoms with Gasteiger partial charge in [0.05, 0.1) is 28.4 Å². The number of nitro groups is 1. The largest absolute Gasteiger partial charge is 0.462 e. The third-order valence-electron chi connectivity index (χ3n) is 2.96. The summed E-state index contributed by atoms with van der Waals surface area (Å²) in [5.41, 5.74) is 5.20. The Kier molecular flexibility index (Phi) is 5.04. The first-order valence-corrected chi connectivity index (χ1v) is 6.03. The number of nitrogens with two attached hydrogens (primary N) is 1. The predicted molar refractivity (Wildman–Crippen MR) is 73.5 cm³/mol. The Bertz CT molecular complexity index is 513. The number of ether oxygens (including phenoxy) is 2. The number of carbonyl (C=O) groups excluding carboxylic acids is 1. The molecule has 1 aromatic rings. The number of nitrogen functional groups attached to an aromatic ring is 1. The Morgan fingerprint density at radius 2 is 2.10 bits per heavy atom. The third kappa shape index (κ3) is 4.20. The molecule has 0 aliphatic rings. The summed E-state index contributed by atoms with van der Waals surface area (Å²) >= 11 is 0. The van der Waals surface area contributed by atoms with Crippen LogP contribution in [0.1, 0.15) is 30.6 Å². The number of non-ortho nitro benzene ring substituents is 1. The SMILES string of the molecule is COC(C)(C)CCOC(=O)c1ccc([N+](=O)[O-])cc1N. The first-order valence-electron chi connectivity index (χ1n) is 6.03. The van der Waals surface area contributed by atoms with Gasteiger partial charge in [-0.15, -0.1) is 0 Å². The Morgan fingerprint density at radius 3 is 2.60 bits per heavy atom. The van der Waals surface area contributed by atoms with Crippen LogP contribution in [-0.4, -0.2) is 30.2 Å². The summed E-state index contributed by atoms with van der Waals surface area (Å²) in [6.45, 7) is 3.93. The zero-order valence-electron chi connectivity index (χ0n) is 11.7. The van der Waals surface area contributed by atoms with Gasteiger partial charge in [-0.3, -0.25) is 10.1 Å². The third-order valence-corrected chi connectivity index (χ3v) is 2.96. The van der Waals surface area contributed by atoms with E-state index in [1.54, 1.807) is 7.11 Å². The second-order valence-corrected chi connectivity index (χ2v) is 4.88. The first kappa shape index (κ1) is 15.9. The molecule has 1 rings (SSSR count). The quantitative estimate of drug-likeness (QED) is 0.371. The van der Waals surface area contributed by atoms with E-state index < -0.39 is 10.9 Å². The van der Waals surface area contributed by atoms with Gasteiger partial charge in [-0.2, -0.15) is 0 Å². The van der Waals surface area contributed by atoms with Crippen molar-refractivity contribution >= 4 is 17.3 Å². The molecule has 0 saturated carbocycles. The Balaban J connectivity index is 2.67. The number of methoxy groups -OCH3 is 1. The molecule has 0 saturated heterocycles. The second-order valence-electron chi connectivity index (χ2n) is 4.88. The van der Waals surface area contributed by atoms with Crippen LogP contribution in [0.15, 0.2) is 18.2 Å². The Labute approximate surface area is 116 Å². The van der Waals surface area contributed by atoms with Gasteiger partial charge in [-0.25, -0.2) is 4.79 Å². The molecular weight excluding hydrogens is 264 g/mol. The van der Waals surface area contributed by atoms with Crippen LogP contribution in [0.4, 0.5) is 11.4 Å². The first-order chi connectivity index (χ1) is 9.26. The van der Waals surface area contributed by atoms with E-state index in [-0.39, 0.29) is 29.1 Å². The number of hydrogen-bond donors (Lipinski definition) is 1. The average Bonchev–Trinajstić information content (AvgIpc) is 2.38. The molecule has 0 heterocycles. The molecule has 0 unspecified atom stereocenters. The number of esters is 1. The summed E-state index contributed by atoms with van der Waals surface area (Å²) in [6.07, 6.45) is 0.530. The number of hydrogen-bond acceptors (Lipinski definition) is 6. The van der Waals surface area contributed by atoms with E-state index in [1.165, 1.54) is 12.1 Å². The van der Waals surface area contributed by atoms with Gasteiger partial charge in [-0.1, -0.05) is 0 Å². The van der Waals surface area contributed by atoms with Gasteiger partial charge in [0.15, 0.2) is 0 Å². The van der Waals surface area contributed by atoms with E-state index in [0.717, 1.165) is 6.07 Å². The molecule has 7 heteroatoms. The number of rotatable bonds is 6. The van der Waals surface area contributed by atoms with Crippen LogP contribution in [0.3, 0.4) is 0 Å². The van der Waals surface area contributed by atoms with Gasteiger partial charge in [0.2, 0.25) is 0 Å². The lowest BCUT2D eigenvalue weighted by atomic mass is 10.1. The van der Waals surface area contributed by atoms with Crippen molar-refractivity contribution in [1.82, 2.24) is 0 Å². The molecule has 0 atom stereocenters. The van der Waals surface area contributed by atoms with Gasteiger partial charge in [0, 0.05) is 25.7 Å². The topological polar surface area (TPSA) is 105 Å². The van der Waals surface area contributed by atoms with Crippen molar-refractivity contribution in [2.75, 3.05) is 19.5 Å². The molecule has 0 aliphatic carbocycles. The molecule has 0 radical (unpaired) electrons. The smallest absolute Gasteiger partial charge is 0.340 e. The Morgan fingerprint density at radius 1 is 1.45 bits per heavy atom. The van der Waals surface area contributed by atoms with E-state index in [0.29, 0.717) is 6.42 Å². The summed E-state index contributed by atoms with van der Waals surface area (Å²) < 4.78 is 10.3. The molecule has 110 valence electrons. The van der Waals surface area contributed by atoms with Gasteiger partial charge < -0.3 is 15.2 Å². The monoisotopic (exact) mass is 282 g/mol. The molecular formula is C13H18N2O5. The van der Waals surface area contributed by atoms with Crippen LogP contribution < -0.4 is 5.73 Å². The van der Waals surface area contributed by atoms with E-state index in [1.807, 2.05) is 13.8 Å². The fourth-order valence-corrected chi connectivity index (χ4v) is 1.42. The van der Waals surface area contributed by atoms with E-state index >= 15 is 0 Å². The number of anilines is 1. The lowest BCUT2D eigenvalue weighted by molar-refractivity contribution is -0.384. The fourth-order valence-electron chi connectivity index (χ4n) is 1.42. The number of carbonyl (C=O) groups is 1. The van der Waals surface area contributed by atoms with Crippen LogP contribution in [-0.2, 0) is 9.47 Å². The second kappa shape index (κ2) is 6.33. The van der Waals surface area contributed by atoms with Crippen LogP contribution in [0.25, 0.3) is 0 Å². The van der Waals surface area contributed by atoms with E-state index in [9.17, 15) is 14.9 Å². The highest BCUT2D eigenvalue weighted by Gasteiger charge is 2.19. The maximum Gasteiger partial charge on any atom is 0.340 e. The van der Waals surface area contributed by atoms with Crippen LogP contribution in [0, 0.1) is 10.1 Å². The predicted octanol–water partition coefficient (Wildman–Crippen LogP) is 2.15. The summed E-state index contributed by atoms with van der Waals surface area (Å²) in [5, 5.41) is 10.6. The van der Waals surface area contributed by atoms with Gasteiger partial charge in [0.25, 0.3) is 5.69 Å². The standard InChI is InChI=1S/C13H18N2O5/c1-13(2,19-3)6-7-20-12(16)10-5-4-9(15(17)18)8-11(10)14/h4-5,8H,6-7,14H2,1-3H3. The van der Waals surface area contributed by atoms with Crippen molar-refractivity contribution in [3.8, 4) is 0 Å². The fraction of sp³-hybridized carbons (Fsp3) is 0.462. The summed E-state index contributed by atoms with van der Waals surface area (Å²) in [7, 11) is 1.58. The Hall–Kier alpha value is -2.15. The maximum atomic E-state index is 11.8. The maximum absolute atomic E-state index is 11.8. The highest BCUT2D eigenvalue weighted by atomic mass is 16.6. The molecule has 20 heavy (non-hydrogen) atoms. The number of nitro benzene ring substituents is 1. The van der Waals surface area contributed by atoms with Crippen molar-refractivity contribution in [3.63, 3.8) is 0 Å². The zero-order chi connectivity index (χ0) is 15.3. The normalized spacial score (nSPS) is 11.2. The molecule has 0 fully saturated rings. The van der Waals surface area contributed by atoms with E-state index in [4.69, 9.17) is 15.2 Å². The van der Waals surface area contributed by atoms with Gasteiger partial charge >= 0.3 is 5.97 Å². The van der Waals surface area contributed by atoms with Gasteiger partial charge in [-0.05, 0) is 19.9 Å². The minimum atomic E-state index is -0.607. The van der Waals surface area contributed by atoms with E-state index in [2.05, 4.69) is 0 Å². The molecule has 0 spiro atoms. The molecule has 2 N–H and O–H groups in total. The molecule has 0 amide bonds. The van der Waals surface area contributed by atoms with Crippen molar-refractivity contribution in [1.29, 1.82) is 0 Å². The van der Waals surface area contributed by atoms with Crippen LogP contribution >= 0.6 is 0 Å². The van der Waals surface area contributed by atoms with Crippen LogP contribution in [0.2, 0.25) is 0 Å². The zero-order valence-corrected chi connectivity index (χ0v) is 11.7. The van der Waals surface area contributed by atoms with Crippen molar-refractivity contribution in [2.24, 2.45) is 0 Å².